The van der Waals surface area contributed by atoms with Gasteiger partial charge in [-0.25, -0.2) is 4.79 Å². The van der Waals surface area contributed by atoms with Crippen molar-refractivity contribution in [3.63, 3.8) is 0 Å². The van der Waals surface area contributed by atoms with Gasteiger partial charge in [-0.05, 0) is 48.6 Å². The number of fused-ring (bicyclic) bond motifs is 2. The maximum absolute atomic E-state index is 13.4. The highest BCUT2D eigenvalue weighted by molar-refractivity contribution is 5.88. The largest absolute Gasteiger partial charge is 0.504 e. The third-order valence-electron chi connectivity index (χ3n) is 8.48. The number of phenols is 1. The van der Waals surface area contributed by atoms with Crippen molar-refractivity contribution in [3.05, 3.63) is 59.8 Å². The topological polar surface area (TPSA) is 124 Å². The van der Waals surface area contributed by atoms with Crippen LogP contribution in [0.3, 0.4) is 0 Å². The molecule has 5 rings (SSSR count). The Morgan fingerprint density at radius 2 is 2.00 bits per heavy atom. The van der Waals surface area contributed by atoms with E-state index >= 15 is 0 Å². The van der Waals surface area contributed by atoms with Gasteiger partial charge in [-0.3, -0.25) is 9.69 Å². The standard InChI is InChI=1S/C30H37N3O6/c1-38-26-16-19(10-11-25(26)34)28-22-8-5-6-12-30(22,37)13-14-33(28)18-27(35)32-24(29(36)39-2)15-20-17-31-23-9-4-3-7-21(20)23/h3-4,7,9-11,16-17,22,24,28,31,34,37H,5-6,8,12-15,18H2,1-2H3,(H,32,35)/t22?,24?,28-,30?/m0/s1. The molecule has 4 atom stereocenters. The third kappa shape index (κ3) is 5.46. The molecule has 9 nitrogen and oxygen atoms in total. The molecule has 0 spiro atoms. The van der Waals surface area contributed by atoms with E-state index in [0.29, 0.717) is 25.1 Å². The zero-order valence-corrected chi connectivity index (χ0v) is 22.5. The van der Waals surface area contributed by atoms with Crippen LogP contribution in [0.2, 0.25) is 0 Å². The second-order valence-electron chi connectivity index (χ2n) is 10.8. The number of likely N-dealkylation sites (tertiary alicyclic amines) is 1. The van der Waals surface area contributed by atoms with Crippen molar-refractivity contribution in [2.24, 2.45) is 5.92 Å². The number of aromatic amines is 1. The second-order valence-corrected chi connectivity index (χ2v) is 10.8. The van der Waals surface area contributed by atoms with Gasteiger partial charge < -0.3 is 30.0 Å². The second kappa shape index (κ2) is 11.3. The number of piperidine rings is 1. The number of aromatic hydroxyl groups is 1. The minimum Gasteiger partial charge on any atom is -0.504 e. The number of hydrogen-bond acceptors (Lipinski definition) is 7. The van der Waals surface area contributed by atoms with E-state index in [2.05, 4.69) is 15.2 Å². The Labute approximate surface area is 228 Å². The molecule has 2 aromatic carbocycles. The number of hydrogen-bond donors (Lipinski definition) is 4. The number of aromatic nitrogens is 1. The lowest BCUT2D eigenvalue weighted by atomic mass is 9.66. The summed E-state index contributed by atoms with van der Waals surface area (Å²) < 4.78 is 10.4. The SMILES string of the molecule is COC(=O)C(Cc1c[nH]c2ccccc12)NC(=O)CN1CCC2(O)CCCCC2[C@@H]1c1ccc(O)c(OC)c1. The summed E-state index contributed by atoms with van der Waals surface area (Å²) in [5.74, 6) is -0.467. The number of amides is 1. The average Bonchev–Trinajstić information content (AvgIpc) is 3.35. The number of phenolic OH excluding ortho intramolecular Hbond substituents is 1. The molecular formula is C30H37N3O6. The van der Waals surface area contributed by atoms with Crippen molar-refractivity contribution in [2.75, 3.05) is 27.3 Å². The van der Waals surface area contributed by atoms with Crippen molar-refractivity contribution in [1.82, 2.24) is 15.2 Å². The Bertz CT molecular complexity index is 1340. The van der Waals surface area contributed by atoms with Crippen LogP contribution in [0.5, 0.6) is 11.5 Å². The van der Waals surface area contributed by atoms with Gasteiger partial charge in [0.1, 0.15) is 6.04 Å². The molecule has 9 heteroatoms. The van der Waals surface area contributed by atoms with E-state index in [0.717, 1.165) is 47.7 Å². The van der Waals surface area contributed by atoms with E-state index in [4.69, 9.17) is 9.47 Å². The maximum Gasteiger partial charge on any atom is 0.328 e. The molecule has 1 aliphatic carbocycles. The first-order chi connectivity index (χ1) is 18.8. The van der Waals surface area contributed by atoms with E-state index in [9.17, 15) is 19.8 Å². The molecule has 0 bridgehead atoms. The Morgan fingerprint density at radius 1 is 1.18 bits per heavy atom. The van der Waals surface area contributed by atoms with Crippen LogP contribution in [0.25, 0.3) is 10.9 Å². The third-order valence-corrected chi connectivity index (χ3v) is 8.48. The highest BCUT2D eigenvalue weighted by atomic mass is 16.5. The van der Waals surface area contributed by atoms with Crippen LogP contribution in [0.15, 0.2) is 48.7 Å². The van der Waals surface area contributed by atoms with Crippen molar-refractivity contribution in [2.45, 2.75) is 56.2 Å². The fourth-order valence-corrected chi connectivity index (χ4v) is 6.52. The summed E-state index contributed by atoms with van der Waals surface area (Å²) in [6, 6.07) is 12.0. The lowest BCUT2D eigenvalue weighted by Gasteiger charge is -2.52. The van der Waals surface area contributed by atoms with Crippen LogP contribution in [0, 0.1) is 5.92 Å². The molecule has 0 radical (unpaired) electrons. The molecule has 2 heterocycles. The van der Waals surface area contributed by atoms with E-state index < -0.39 is 17.6 Å². The maximum atomic E-state index is 13.4. The summed E-state index contributed by atoms with van der Waals surface area (Å²) in [7, 11) is 2.82. The van der Waals surface area contributed by atoms with Gasteiger partial charge in [0.2, 0.25) is 5.91 Å². The number of nitrogens with zero attached hydrogens (tertiary/aromatic N) is 1. The molecule has 39 heavy (non-hydrogen) atoms. The number of esters is 1. The van der Waals surface area contributed by atoms with Gasteiger partial charge in [0.05, 0.1) is 26.4 Å². The number of ether oxygens (including phenoxy) is 2. The normalized spacial score (nSPS) is 24.1. The Balaban J connectivity index is 1.38. The number of carbonyl (C=O) groups excluding carboxylic acids is 2. The first-order valence-corrected chi connectivity index (χ1v) is 13.6. The van der Waals surface area contributed by atoms with Gasteiger partial charge >= 0.3 is 5.97 Å². The summed E-state index contributed by atoms with van der Waals surface area (Å²) in [5.41, 5.74) is 1.96. The number of benzene rings is 2. The zero-order chi connectivity index (χ0) is 27.6. The van der Waals surface area contributed by atoms with Crippen molar-refractivity contribution in [1.29, 1.82) is 0 Å². The minimum absolute atomic E-state index is 0.0402. The summed E-state index contributed by atoms with van der Waals surface area (Å²) in [4.78, 5) is 31.4. The van der Waals surface area contributed by atoms with Crippen molar-refractivity contribution in [3.8, 4) is 11.5 Å². The van der Waals surface area contributed by atoms with Crippen molar-refractivity contribution >= 4 is 22.8 Å². The Morgan fingerprint density at radius 3 is 2.79 bits per heavy atom. The van der Waals surface area contributed by atoms with E-state index in [-0.39, 0.29) is 30.2 Å². The predicted octanol–water partition coefficient (Wildman–Crippen LogP) is 3.45. The molecule has 4 N–H and O–H groups in total. The van der Waals surface area contributed by atoms with Gasteiger partial charge in [0, 0.05) is 42.0 Å². The van der Waals surface area contributed by atoms with Crippen LogP contribution in [-0.4, -0.2) is 70.9 Å². The molecule has 1 amide bonds. The quantitative estimate of drug-likeness (QED) is 0.326. The van der Waals surface area contributed by atoms with Gasteiger partial charge in [0.15, 0.2) is 11.5 Å². The predicted molar refractivity (Wildman–Crippen MR) is 146 cm³/mol. The first-order valence-electron chi connectivity index (χ1n) is 13.6. The number of para-hydroxylation sites is 1. The van der Waals surface area contributed by atoms with Crippen LogP contribution < -0.4 is 10.1 Å². The lowest BCUT2D eigenvalue weighted by molar-refractivity contribution is -0.146. The van der Waals surface area contributed by atoms with Gasteiger partial charge in [-0.2, -0.15) is 0 Å². The van der Waals surface area contributed by atoms with Gasteiger partial charge in [0.25, 0.3) is 0 Å². The average molecular weight is 536 g/mol. The Hall–Kier alpha value is -3.56. The molecule has 1 aliphatic heterocycles. The van der Waals surface area contributed by atoms with Crippen molar-refractivity contribution < 1.29 is 29.3 Å². The smallest absolute Gasteiger partial charge is 0.328 e. The summed E-state index contributed by atoms with van der Waals surface area (Å²) in [6.45, 7) is 0.585. The minimum atomic E-state index is -0.842. The highest BCUT2D eigenvalue weighted by Crippen LogP contribution is 2.50. The summed E-state index contributed by atoms with van der Waals surface area (Å²) in [6.07, 6.45) is 6.29. The van der Waals surface area contributed by atoms with E-state index in [1.807, 2.05) is 36.5 Å². The number of nitrogens with one attached hydrogen (secondary N) is 2. The molecule has 2 fully saturated rings. The Kier molecular flexibility index (Phi) is 7.81. The van der Waals surface area contributed by atoms with Crippen LogP contribution in [0.1, 0.15) is 49.3 Å². The fourth-order valence-electron chi connectivity index (χ4n) is 6.52. The lowest BCUT2D eigenvalue weighted by Crippen LogP contribution is -2.57. The molecule has 208 valence electrons. The molecule has 3 aromatic rings. The van der Waals surface area contributed by atoms with Crippen LogP contribution >= 0.6 is 0 Å². The van der Waals surface area contributed by atoms with Gasteiger partial charge in [-0.15, -0.1) is 0 Å². The summed E-state index contributed by atoms with van der Waals surface area (Å²) >= 11 is 0. The van der Waals surface area contributed by atoms with Crippen LogP contribution in [-0.2, 0) is 20.7 Å². The highest BCUT2D eigenvalue weighted by Gasteiger charge is 2.49. The molecule has 1 aromatic heterocycles. The number of carbonyl (C=O) groups is 2. The summed E-state index contributed by atoms with van der Waals surface area (Å²) in [5, 5.41) is 25.6. The molecule has 1 saturated carbocycles. The fraction of sp³-hybridized carbons (Fsp3) is 0.467. The molecule has 2 aliphatic rings. The van der Waals surface area contributed by atoms with Crippen LogP contribution in [0.4, 0.5) is 0 Å². The zero-order valence-electron chi connectivity index (χ0n) is 22.5. The van der Waals surface area contributed by atoms with Gasteiger partial charge in [-0.1, -0.05) is 37.1 Å². The molecular weight excluding hydrogens is 498 g/mol. The molecule has 1 saturated heterocycles. The molecule has 3 unspecified atom stereocenters. The number of aliphatic hydroxyl groups is 1. The monoisotopic (exact) mass is 535 g/mol. The number of H-pyrrole nitrogens is 1. The number of rotatable bonds is 8. The first kappa shape index (κ1) is 27.0. The van der Waals surface area contributed by atoms with E-state index in [1.165, 1.54) is 14.2 Å². The number of methoxy groups -OCH3 is 2. The van der Waals surface area contributed by atoms with E-state index in [1.54, 1.807) is 12.1 Å².